The summed E-state index contributed by atoms with van der Waals surface area (Å²) in [4.78, 5) is 0. The zero-order valence-corrected chi connectivity index (χ0v) is 10.8. The average molecular weight is 259 g/mol. The van der Waals surface area contributed by atoms with Gasteiger partial charge in [-0.2, -0.15) is 0 Å². The van der Waals surface area contributed by atoms with Crippen molar-refractivity contribution in [1.29, 1.82) is 0 Å². The lowest BCUT2D eigenvalue weighted by atomic mass is 10.1. The summed E-state index contributed by atoms with van der Waals surface area (Å²) in [5.41, 5.74) is 1.16. The van der Waals surface area contributed by atoms with Crippen LogP contribution in [0.1, 0.15) is 12.5 Å². The lowest BCUT2D eigenvalue weighted by Crippen LogP contribution is -2.19. The van der Waals surface area contributed by atoms with Crippen LogP contribution in [0.5, 0.6) is 5.75 Å². The van der Waals surface area contributed by atoms with Crippen LogP contribution in [-0.4, -0.2) is 33.0 Å². The number of methoxy groups -OCH3 is 1. The molecule has 0 heterocycles. The molecule has 0 saturated carbocycles. The van der Waals surface area contributed by atoms with Crippen LogP contribution in [0.4, 0.5) is 5.69 Å². The van der Waals surface area contributed by atoms with Crippen molar-refractivity contribution in [2.24, 2.45) is 0 Å². The van der Waals surface area contributed by atoms with Gasteiger partial charge in [0, 0.05) is 7.11 Å². The lowest BCUT2D eigenvalue weighted by molar-refractivity contribution is 0.217. The quantitative estimate of drug-likeness (QED) is 0.756. The van der Waals surface area contributed by atoms with Crippen LogP contribution < -0.4 is 4.72 Å². The van der Waals surface area contributed by atoms with Crippen LogP contribution in [0.15, 0.2) is 18.2 Å². The molecule has 0 bridgehead atoms. The third-order valence-electron chi connectivity index (χ3n) is 2.29. The number of hydrogen-bond donors (Lipinski definition) is 2. The van der Waals surface area contributed by atoms with Crippen molar-refractivity contribution in [2.75, 3.05) is 24.2 Å². The van der Waals surface area contributed by atoms with Crippen molar-refractivity contribution in [3.8, 4) is 5.75 Å². The molecule has 0 aliphatic carbocycles. The number of benzene rings is 1. The van der Waals surface area contributed by atoms with Gasteiger partial charge in [0.05, 0.1) is 18.0 Å². The number of anilines is 1. The Morgan fingerprint density at radius 1 is 1.41 bits per heavy atom. The summed E-state index contributed by atoms with van der Waals surface area (Å²) >= 11 is 0. The normalized spacial score (nSPS) is 11.4. The Balaban J connectivity index is 2.87. The molecule has 2 N–H and O–H groups in total. The van der Waals surface area contributed by atoms with Gasteiger partial charge in [-0.25, -0.2) is 8.42 Å². The van der Waals surface area contributed by atoms with E-state index in [2.05, 4.69) is 4.72 Å². The molecule has 1 aromatic carbocycles. The Labute approximate surface area is 101 Å². The molecule has 1 rings (SSSR count). The van der Waals surface area contributed by atoms with Crippen molar-refractivity contribution in [3.05, 3.63) is 23.8 Å². The first-order valence-electron chi connectivity index (χ1n) is 5.30. The van der Waals surface area contributed by atoms with Crippen molar-refractivity contribution in [1.82, 2.24) is 0 Å². The fraction of sp³-hybridized carbons (Fsp3) is 0.455. The maximum absolute atomic E-state index is 11.6. The second-order valence-corrected chi connectivity index (χ2v) is 5.46. The maximum atomic E-state index is 11.6. The summed E-state index contributed by atoms with van der Waals surface area (Å²) in [6, 6.07) is 4.86. The highest BCUT2D eigenvalue weighted by Gasteiger charge is 2.12. The summed E-state index contributed by atoms with van der Waals surface area (Å²) < 4.78 is 30.3. The van der Waals surface area contributed by atoms with Gasteiger partial charge < -0.3 is 9.84 Å². The minimum absolute atomic E-state index is 0.0804. The van der Waals surface area contributed by atoms with Crippen LogP contribution in [0, 0.1) is 0 Å². The fourth-order valence-corrected chi connectivity index (χ4v) is 2.28. The molecule has 0 saturated heterocycles. The molecule has 96 valence electrons. The molecule has 0 amide bonds. The zero-order chi connectivity index (χ0) is 12.9. The molecule has 0 unspecified atom stereocenters. The Kier molecular flexibility index (Phi) is 4.77. The van der Waals surface area contributed by atoms with Gasteiger partial charge in [-0.1, -0.05) is 13.0 Å². The summed E-state index contributed by atoms with van der Waals surface area (Å²) in [6.07, 6.45) is 0.771. The fourth-order valence-electron chi connectivity index (χ4n) is 1.30. The number of phenolic OH excluding ortho intramolecular Hbond substituents is 1. The van der Waals surface area contributed by atoms with E-state index < -0.39 is 10.0 Å². The Hall–Kier alpha value is -1.27. The van der Waals surface area contributed by atoms with Crippen LogP contribution in [0.25, 0.3) is 0 Å². The predicted molar refractivity (Wildman–Crippen MR) is 66.8 cm³/mol. The average Bonchev–Trinajstić information content (AvgIpc) is 2.29. The van der Waals surface area contributed by atoms with E-state index >= 15 is 0 Å². The first-order chi connectivity index (χ1) is 7.98. The summed E-state index contributed by atoms with van der Waals surface area (Å²) in [5.74, 6) is -0.220. The highest BCUT2D eigenvalue weighted by Crippen LogP contribution is 2.25. The summed E-state index contributed by atoms with van der Waals surface area (Å²) in [7, 11) is -2.04. The van der Waals surface area contributed by atoms with Crippen LogP contribution in [0.3, 0.4) is 0 Å². The lowest BCUT2D eigenvalue weighted by Gasteiger charge is -2.10. The molecule has 0 aliphatic rings. The minimum Gasteiger partial charge on any atom is -0.506 e. The standard InChI is InChI=1S/C11H17NO4S/c1-3-9-4-5-11(13)10(8-9)12-17(14,15)7-6-16-2/h4-5,8,12-13H,3,6-7H2,1-2H3. The topological polar surface area (TPSA) is 75.6 Å². The van der Waals surface area contributed by atoms with Crippen molar-refractivity contribution in [3.63, 3.8) is 0 Å². The van der Waals surface area contributed by atoms with Crippen LogP contribution in [-0.2, 0) is 21.2 Å². The number of nitrogens with one attached hydrogen (secondary N) is 1. The highest BCUT2D eigenvalue weighted by atomic mass is 32.2. The van der Waals surface area contributed by atoms with Gasteiger partial charge in [0.15, 0.2) is 0 Å². The van der Waals surface area contributed by atoms with E-state index in [1.54, 1.807) is 12.1 Å². The second-order valence-electron chi connectivity index (χ2n) is 3.62. The van der Waals surface area contributed by atoms with Gasteiger partial charge in [0.2, 0.25) is 10.0 Å². The predicted octanol–water partition coefficient (Wildman–Crippen LogP) is 1.34. The van der Waals surface area contributed by atoms with Gasteiger partial charge in [0.1, 0.15) is 5.75 Å². The Morgan fingerprint density at radius 2 is 2.12 bits per heavy atom. The third-order valence-corrected chi connectivity index (χ3v) is 3.53. The third kappa shape index (κ3) is 4.24. The summed E-state index contributed by atoms with van der Waals surface area (Å²) in [6.45, 7) is 2.07. The number of hydrogen-bond acceptors (Lipinski definition) is 4. The summed E-state index contributed by atoms with van der Waals surface area (Å²) in [5, 5.41) is 9.56. The number of phenols is 1. The molecule has 0 aliphatic heterocycles. The van der Waals surface area contributed by atoms with Gasteiger partial charge in [-0.05, 0) is 24.1 Å². The number of rotatable bonds is 6. The molecule has 0 atom stereocenters. The van der Waals surface area contributed by atoms with E-state index in [0.717, 1.165) is 12.0 Å². The molecule has 1 aromatic rings. The van der Waals surface area contributed by atoms with E-state index in [-0.39, 0.29) is 23.8 Å². The van der Waals surface area contributed by atoms with Crippen molar-refractivity contribution >= 4 is 15.7 Å². The number of aromatic hydroxyl groups is 1. The second kappa shape index (κ2) is 5.88. The molecule has 0 radical (unpaired) electrons. The largest absolute Gasteiger partial charge is 0.506 e. The van der Waals surface area contributed by atoms with E-state index in [9.17, 15) is 13.5 Å². The van der Waals surface area contributed by atoms with E-state index in [4.69, 9.17) is 4.74 Å². The Bertz CT molecular complexity index is 470. The smallest absolute Gasteiger partial charge is 0.235 e. The van der Waals surface area contributed by atoms with Crippen LogP contribution >= 0.6 is 0 Å². The molecule has 0 spiro atoms. The first kappa shape index (κ1) is 13.8. The SMILES string of the molecule is CCc1ccc(O)c(NS(=O)(=O)CCOC)c1. The molecular formula is C11H17NO4S. The Morgan fingerprint density at radius 3 is 2.71 bits per heavy atom. The van der Waals surface area contributed by atoms with E-state index in [1.165, 1.54) is 13.2 Å². The first-order valence-corrected chi connectivity index (χ1v) is 6.95. The van der Waals surface area contributed by atoms with E-state index in [0.29, 0.717) is 0 Å². The molecule has 5 nitrogen and oxygen atoms in total. The number of aryl methyl sites for hydroxylation is 1. The van der Waals surface area contributed by atoms with Gasteiger partial charge >= 0.3 is 0 Å². The van der Waals surface area contributed by atoms with Gasteiger partial charge in [-0.15, -0.1) is 0 Å². The van der Waals surface area contributed by atoms with Gasteiger partial charge in [0.25, 0.3) is 0 Å². The number of ether oxygens (including phenoxy) is 1. The monoisotopic (exact) mass is 259 g/mol. The zero-order valence-electron chi connectivity index (χ0n) is 9.93. The molecule has 6 heteroatoms. The maximum Gasteiger partial charge on any atom is 0.235 e. The molecule has 0 fully saturated rings. The van der Waals surface area contributed by atoms with Crippen molar-refractivity contribution in [2.45, 2.75) is 13.3 Å². The minimum atomic E-state index is -3.48. The van der Waals surface area contributed by atoms with E-state index in [1.807, 2.05) is 6.92 Å². The van der Waals surface area contributed by atoms with Gasteiger partial charge in [-0.3, -0.25) is 4.72 Å². The molecule has 17 heavy (non-hydrogen) atoms. The molecular weight excluding hydrogens is 242 g/mol. The van der Waals surface area contributed by atoms with Crippen molar-refractivity contribution < 1.29 is 18.3 Å². The highest BCUT2D eigenvalue weighted by molar-refractivity contribution is 7.92. The van der Waals surface area contributed by atoms with Crippen LogP contribution in [0.2, 0.25) is 0 Å². The number of sulfonamides is 1. The molecule has 0 aromatic heterocycles.